The van der Waals surface area contributed by atoms with Crippen molar-refractivity contribution in [1.29, 1.82) is 0 Å². The maximum atomic E-state index is 12.5. The van der Waals surface area contributed by atoms with Crippen molar-refractivity contribution in [3.63, 3.8) is 0 Å². The van der Waals surface area contributed by atoms with E-state index in [-0.39, 0.29) is 5.43 Å². The van der Waals surface area contributed by atoms with Gasteiger partial charge in [0, 0.05) is 47.0 Å². The first-order valence-corrected chi connectivity index (χ1v) is 10.1. The van der Waals surface area contributed by atoms with E-state index >= 15 is 0 Å². The van der Waals surface area contributed by atoms with Crippen molar-refractivity contribution in [3.05, 3.63) is 75.6 Å². The zero-order chi connectivity index (χ0) is 19.4. The van der Waals surface area contributed by atoms with E-state index in [9.17, 15) is 4.79 Å². The average Bonchev–Trinajstić information content (AvgIpc) is 3.18. The highest BCUT2D eigenvalue weighted by Crippen LogP contribution is 2.48. The number of rotatable bonds is 2. The zero-order valence-electron chi connectivity index (χ0n) is 16.7. The third-order valence-electron chi connectivity index (χ3n) is 6.22. The zero-order valence-corrected chi connectivity index (χ0v) is 16.7. The molecule has 0 saturated carbocycles. The molecule has 28 heavy (non-hydrogen) atoms. The van der Waals surface area contributed by atoms with Gasteiger partial charge in [0.15, 0.2) is 5.43 Å². The van der Waals surface area contributed by atoms with Crippen LogP contribution in [-0.2, 0) is 12.8 Å². The number of pyridine rings is 1. The van der Waals surface area contributed by atoms with Crippen LogP contribution >= 0.6 is 0 Å². The highest BCUT2D eigenvalue weighted by molar-refractivity contribution is 5.83. The minimum atomic E-state index is 0.112. The van der Waals surface area contributed by atoms with Crippen LogP contribution in [0.4, 0.5) is 0 Å². The first-order chi connectivity index (χ1) is 13.5. The number of ether oxygens (including phenoxy) is 1. The lowest BCUT2D eigenvalue weighted by molar-refractivity contribution is 0.357. The van der Waals surface area contributed by atoms with Crippen LogP contribution < -0.4 is 10.2 Å². The Bertz CT molecular complexity index is 1130. The molecule has 3 heterocycles. The van der Waals surface area contributed by atoms with Gasteiger partial charge in [0.1, 0.15) is 5.75 Å². The van der Waals surface area contributed by atoms with Gasteiger partial charge in [-0.2, -0.15) is 0 Å². The smallest absolute Gasteiger partial charge is 0.185 e. The highest BCUT2D eigenvalue weighted by atomic mass is 16.5. The molecule has 1 unspecified atom stereocenters. The second kappa shape index (κ2) is 6.37. The van der Waals surface area contributed by atoms with Crippen molar-refractivity contribution < 1.29 is 4.74 Å². The van der Waals surface area contributed by atoms with Crippen LogP contribution in [0.25, 0.3) is 22.4 Å². The summed E-state index contributed by atoms with van der Waals surface area (Å²) >= 11 is 0. The molecule has 0 spiro atoms. The van der Waals surface area contributed by atoms with Crippen molar-refractivity contribution in [2.45, 2.75) is 39.7 Å². The molecule has 2 aromatic carbocycles. The third-order valence-corrected chi connectivity index (χ3v) is 6.22. The van der Waals surface area contributed by atoms with E-state index < -0.39 is 0 Å². The molecule has 0 N–H and O–H groups in total. The Morgan fingerprint density at radius 2 is 1.93 bits per heavy atom. The van der Waals surface area contributed by atoms with Gasteiger partial charge in [-0.05, 0) is 36.5 Å². The van der Waals surface area contributed by atoms with E-state index in [0.717, 1.165) is 29.8 Å². The number of aryl methyl sites for hydroxylation is 1. The number of hydrogen-bond acceptors (Lipinski definition) is 2. The Hall–Kier alpha value is -2.81. The van der Waals surface area contributed by atoms with E-state index in [1.54, 1.807) is 0 Å². The standard InChI is InChI=1S/C25H25NO2/c1-15(2)21-12-18-11-20(17-7-5-4-6-8-17)25-19(9-10-28-25)24(18)22-13-23(27)16(3)14-26(21)22/h4-8,11,13-15,21H,9-10,12H2,1-3H3. The van der Waals surface area contributed by atoms with Crippen LogP contribution in [0.15, 0.2) is 53.5 Å². The summed E-state index contributed by atoms with van der Waals surface area (Å²) in [6.07, 6.45) is 3.93. The molecule has 3 heteroatoms. The molecule has 3 nitrogen and oxygen atoms in total. The number of benzene rings is 2. The van der Waals surface area contributed by atoms with Crippen LogP contribution in [0.5, 0.6) is 5.75 Å². The Kier molecular flexibility index (Phi) is 3.94. The largest absolute Gasteiger partial charge is 0.492 e. The SMILES string of the molecule is Cc1cn2c(cc1=O)-c1c(cc(-c3ccccc3)c3c1CCO3)CC2C(C)C. The van der Waals surface area contributed by atoms with E-state index in [0.29, 0.717) is 18.6 Å². The van der Waals surface area contributed by atoms with Gasteiger partial charge in [-0.15, -0.1) is 0 Å². The Morgan fingerprint density at radius 1 is 1.14 bits per heavy atom. The summed E-state index contributed by atoms with van der Waals surface area (Å²) in [6.45, 7) is 7.15. The van der Waals surface area contributed by atoms with E-state index in [1.165, 1.54) is 27.8 Å². The molecule has 0 amide bonds. The van der Waals surface area contributed by atoms with Gasteiger partial charge >= 0.3 is 0 Å². The lowest BCUT2D eigenvalue weighted by atomic mass is 9.82. The second-order valence-corrected chi connectivity index (χ2v) is 8.36. The second-order valence-electron chi connectivity index (χ2n) is 8.36. The molecule has 5 rings (SSSR count). The predicted molar refractivity (Wildman–Crippen MR) is 113 cm³/mol. The summed E-state index contributed by atoms with van der Waals surface area (Å²) in [5.41, 5.74) is 8.17. The molecule has 3 aromatic rings. The summed E-state index contributed by atoms with van der Waals surface area (Å²) in [7, 11) is 0. The molecule has 1 atom stereocenters. The quantitative estimate of drug-likeness (QED) is 0.622. The maximum Gasteiger partial charge on any atom is 0.185 e. The van der Waals surface area contributed by atoms with Crippen LogP contribution in [0.3, 0.4) is 0 Å². The summed E-state index contributed by atoms with van der Waals surface area (Å²) < 4.78 is 8.44. The highest BCUT2D eigenvalue weighted by Gasteiger charge is 2.32. The van der Waals surface area contributed by atoms with Gasteiger partial charge in [0.05, 0.1) is 12.3 Å². The van der Waals surface area contributed by atoms with Gasteiger partial charge in [-0.3, -0.25) is 4.79 Å². The third kappa shape index (κ3) is 2.53. The molecule has 0 saturated heterocycles. The minimum Gasteiger partial charge on any atom is -0.492 e. The molecule has 0 fully saturated rings. The van der Waals surface area contributed by atoms with Gasteiger partial charge in [-0.25, -0.2) is 0 Å². The van der Waals surface area contributed by atoms with Gasteiger partial charge in [-0.1, -0.05) is 44.2 Å². The Morgan fingerprint density at radius 3 is 2.68 bits per heavy atom. The summed E-state index contributed by atoms with van der Waals surface area (Å²) in [4.78, 5) is 12.5. The van der Waals surface area contributed by atoms with Crippen molar-refractivity contribution in [2.24, 2.45) is 5.92 Å². The van der Waals surface area contributed by atoms with Crippen molar-refractivity contribution >= 4 is 0 Å². The molecule has 142 valence electrons. The van der Waals surface area contributed by atoms with Crippen molar-refractivity contribution in [1.82, 2.24) is 4.57 Å². The lowest BCUT2D eigenvalue weighted by Gasteiger charge is -2.34. The molecule has 2 aliphatic rings. The number of fused-ring (bicyclic) bond motifs is 5. The normalized spacial score (nSPS) is 17.1. The number of hydrogen-bond donors (Lipinski definition) is 0. The predicted octanol–water partition coefficient (Wildman–Crippen LogP) is 5.18. The lowest BCUT2D eigenvalue weighted by Crippen LogP contribution is -2.27. The molecule has 0 bridgehead atoms. The van der Waals surface area contributed by atoms with Crippen LogP contribution in [0, 0.1) is 12.8 Å². The Balaban J connectivity index is 1.82. The summed E-state index contributed by atoms with van der Waals surface area (Å²) in [6, 6.07) is 15.0. The number of nitrogens with zero attached hydrogens (tertiary/aromatic N) is 1. The summed E-state index contributed by atoms with van der Waals surface area (Å²) in [5, 5.41) is 0. The van der Waals surface area contributed by atoms with Crippen molar-refractivity contribution in [3.8, 4) is 28.1 Å². The van der Waals surface area contributed by atoms with Gasteiger partial charge < -0.3 is 9.30 Å². The molecular weight excluding hydrogens is 346 g/mol. The molecule has 0 aliphatic carbocycles. The van der Waals surface area contributed by atoms with Crippen molar-refractivity contribution in [2.75, 3.05) is 6.61 Å². The molecular formula is C25H25NO2. The first-order valence-electron chi connectivity index (χ1n) is 10.1. The fourth-order valence-electron chi connectivity index (χ4n) is 4.76. The van der Waals surface area contributed by atoms with Crippen LogP contribution in [0.1, 0.15) is 36.6 Å². The maximum absolute atomic E-state index is 12.5. The van der Waals surface area contributed by atoms with Crippen LogP contribution in [0.2, 0.25) is 0 Å². The van der Waals surface area contributed by atoms with Gasteiger partial charge in [0.25, 0.3) is 0 Å². The first kappa shape index (κ1) is 17.3. The van der Waals surface area contributed by atoms with E-state index in [2.05, 4.69) is 54.9 Å². The molecule has 2 aliphatic heterocycles. The monoisotopic (exact) mass is 371 g/mol. The molecule has 1 aromatic heterocycles. The fraction of sp³-hybridized carbons (Fsp3) is 0.320. The fourth-order valence-corrected chi connectivity index (χ4v) is 4.76. The number of aromatic nitrogens is 1. The molecule has 0 radical (unpaired) electrons. The van der Waals surface area contributed by atoms with E-state index in [1.807, 2.05) is 19.1 Å². The summed E-state index contributed by atoms with van der Waals surface area (Å²) in [5.74, 6) is 1.48. The average molecular weight is 371 g/mol. The topological polar surface area (TPSA) is 31.2 Å². The van der Waals surface area contributed by atoms with E-state index in [4.69, 9.17) is 4.74 Å². The minimum absolute atomic E-state index is 0.112. The Labute approximate surface area is 165 Å². The van der Waals surface area contributed by atoms with Crippen LogP contribution in [-0.4, -0.2) is 11.2 Å². The van der Waals surface area contributed by atoms with Gasteiger partial charge in [0.2, 0.25) is 0 Å².